The first kappa shape index (κ1) is 30.6. The van der Waals surface area contributed by atoms with Crippen molar-refractivity contribution in [3.05, 3.63) is 137 Å². The van der Waals surface area contributed by atoms with Crippen LogP contribution in [0.3, 0.4) is 0 Å². The van der Waals surface area contributed by atoms with E-state index < -0.39 is 64.3 Å². The van der Waals surface area contributed by atoms with Gasteiger partial charge >= 0.3 is 0 Å². The Morgan fingerprint density at radius 1 is 0.735 bits per heavy atom. The molecule has 244 valence electrons. The van der Waals surface area contributed by atoms with Crippen LogP contribution in [0.25, 0.3) is 0 Å². The number of amides is 4. The molecule has 6 unspecified atom stereocenters. The molecule has 1 N–H and O–H groups in total. The van der Waals surface area contributed by atoms with Gasteiger partial charge in [0.15, 0.2) is 17.3 Å². The van der Waals surface area contributed by atoms with Gasteiger partial charge < -0.3 is 5.11 Å². The van der Waals surface area contributed by atoms with Crippen LogP contribution < -0.4 is 9.80 Å². The molecular weight excluding hydrogens is 623 g/mol. The fourth-order valence-corrected chi connectivity index (χ4v) is 8.72. The highest BCUT2D eigenvalue weighted by Gasteiger charge is 2.68. The van der Waals surface area contributed by atoms with Gasteiger partial charge in [0.2, 0.25) is 23.6 Å². The fraction of sp³-hybridized carbons (Fsp3) is 0.225. The van der Waals surface area contributed by atoms with Crippen LogP contribution in [0, 0.1) is 34.9 Å². The summed E-state index contributed by atoms with van der Waals surface area (Å²) in [7, 11) is 0. The average Bonchev–Trinajstić information content (AvgIpc) is 3.49. The number of aromatic hydroxyl groups is 1. The van der Waals surface area contributed by atoms with Gasteiger partial charge in [0, 0.05) is 22.6 Å². The molecule has 8 rings (SSSR count). The van der Waals surface area contributed by atoms with Crippen molar-refractivity contribution in [2.75, 3.05) is 9.80 Å². The summed E-state index contributed by atoms with van der Waals surface area (Å²) in [6.07, 6.45) is 2.17. The summed E-state index contributed by atoms with van der Waals surface area (Å²) in [6, 6.07) is 27.8. The Kier molecular flexibility index (Phi) is 6.99. The van der Waals surface area contributed by atoms with Crippen LogP contribution in [0.5, 0.6) is 5.75 Å². The van der Waals surface area contributed by atoms with Crippen molar-refractivity contribution in [3.63, 3.8) is 0 Å². The zero-order valence-corrected chi connectivity index (χ0v) is 26.5. The Bertz CT molecular complexity index is 2100. The van der Waals surface area contributed by atoms with Crippen LogP contribution in [-0.2, 0) is 19.2 Å². The smallest absolute Gasteiger partial charge is 0.241 e. The van der Waals surface area contributed by atoms with Gasteiger partial charge in [0.25, 0.3) is 0 Å². The number of ketones is 1. The van der Waals surface area contributed by atoms with E-state index in [4.69, 9.17) is 0 Å². The quantitative estimate of drug-likeness (QED) is 0.156. The monoisotopic (exact) mass is 654 g/mol. The third kappa shape index (κ3) is 4.38. The van der Waals surface area contributed by atoms with Crippen molar-refractivity contribution in [1.29, 1.82) is 0 Å². The molecule has 2 heterocycles. The molecule has 0 spiro atoms. The lowest BCUT2D eigenvalue weighted by molar-refractivity contribution is -0.131. The van der Waals surface area contributed by atoms with Gasteiger partial charge in [0.1, 0.15) is 0 Å². The van der Waals surface area contributed by atoms with E-state index in [0.717, 1.165) is 15.9 Å². The summed E-state index contributed by atoms with van der Waals surface area (Å²) >= 11 is 0. The van der Waals surface area contributed by atoms with Crippen molar-refractivity contribution < 1.29 is 33.5 Å². The van der Waals surface area contributed by atoms with Gasteiger partial charge in [0.05, 0.1) is 34.5 Å². The van der Waals surface area contributed by atoms with Crippen molar-refractivity contribution in [2.24, 2.45) is 29.1 Å². The van der Waals surface area contributed by atoms with Crippen LogP contribution in [-0.4, -0.2) is 34.5 Å². The van der Waals surface area contributed by atoms with E-state index in [1.165, 1.54) is 6.07 Å². The minimum atomic E-state index is -1.40. The third-order valence-corrected chi connectivity index (χ3v) is 11.0. The molecule has 1 saturated carbocycles. The van der Waals surface area contributed by atoms with E-state index in [1.807, 2.05) is 12.1 Å². The molecule has 0 bridgehead atoms. The second kappa shape index (κ2) is 11.2. The highest BCUT2D eigenvalue weighted by Crippen LogP contribution is 2.64. The Balaban J connectivity index is 1.19. The van der Waals surface area contributed by atoms with E-state index in [9.17, 15) is 33.5 Å². The Morgan fingerprint density at radius 3 is 2.06 bits per heavy atom. The highest BCUT2D eigenvalue weighted by atomic mass is 19.1. The third-order valence-electron chi connectivity index (χ3n) is 11.0. The molecule has 2 aliphatic heterocycles. The van der Waals surface area contributed by atoms with Crippen molar-refractivity contribution in [2.45, 2.75) is 25.7 Å². The summed E-state index contributed by atoms with van der Waals surface area (Å²) in [6.45, 7) is 1.69. The lowest BCUT2D eigenvalue weighted by Crippen LogP contribution is -2.49. The van der Waals surface area contributed by atoms with Gasteiger partial charge in [-0.25, -0.2) is 9.29 Å². The van der Waals surface area contributed by atoms with E-state index in [-0.39, 0.29) is 30.1 Å². The molecule has 9 heteroatoms. The first-order valence-electron chi connectivity index (χ1n) is 16.3. The fourth-order valence-electron chi connectivity index (χ4n) is 8.72. The lowest BCUT2D eigenvalue weighted by atomic mass is 9.51. The molecule has 0 aromatic heterocycles. The number of para-hydroxylation sites is 2. The second-order valence-corrected chi connectivity index (χ2v) is 13.4. The van der Waals surface area contributed by atoms with E-state index >= 15 is 0 Å². The van der Waals surface area contributed by atoms with Crippen LogP contribution in [0.4, 0.5) is 15.8 Å². The summed E-state index contributed by atoms with van der Waals surface area (Å²) in [5.41, 5.74) is 1.05. The largest absolute Gasteiger partial charge is 0.505 e. The molecule has 49 heavy (non-hydrogen) atoms. The number of anilines is 2. The van der Waals surface area contributed by atoms with Gasteiger partial charge in [-0.1, -0.05) is 72.3 Å². The van der Waals surface area contributed by atoms with Gasteiger partial charge in [-0.15, -0.1) is 0 Å². The van der Waals surface area contributed by atoms with Gasteiger partial charge in [-0.05, 0) is 68.1 Å². The topological polar surface area (TPSA) is 112 Å². The molecule has 2 aliphatic carbocycles. The van der Waals surface area contributed by atoms with Crippen molar-refractivity contribution >= 4 is 40.8 Å². The molecule has 6 atom stereocenters. The van der Waals surface area contributed by atoms with Crippen molar-refractivity contribution in [1.82, 2.24) is 0 Å². The number of imide groups is 2. The SMILES string of the molecule is CC12C(=O)N(c3ccccc3)C(=O)C1CC1C(=CCC3C(=O)N(c4ccc(C(=O)c5ccccc5)cc4)C(=O)C31)C2c1cccc(F)c1O. The van der Waals surface area contributed by atoms with E-state index in [2.05, 4.69) is 0 Å². The summed E-state index contributed by atoms with van der Waals surface area (Å²) < 4.78 is 14.9. The zero-order chi connectivity index (χ0) is 34.2. The van der Waals surface area contributed by atoms with Gasteiger partial charge in [-0.3, -0.25) is 28.9 Å². The predicted octanol–water partition coefficient (Wildman–Crippen LogP) is 6.20. The van der Waals surface area contributed by atoms with Crippen LogP contribution in [0.2, 0.25) is 0 Å². The average molecular weight is 655 g/mol. The number of nitrogens with zero attached hydrogens (tertiary/aromatic N) is 2. The minimum Gasteiger partial charge on any atom is -0.505 e. The molecule has 4 amide bonds. The number of carbonyl (C=O) groups is 5. The number of allylic oxidation sites excluding steroid dienone is 2. The molecule has 4 aromatic rings. The molecular formula is C40H31FN2O6. The normalized spacial score (nSPS) is 27.5. The maximum Gasteiger partial charge on any atom is 0.241 e. The number of halogens is 1. The Morgan fingerprint density at radius 2 is 1.37 bits per heavy atom. The molecule has 4 aromatic carbocycles. The van der Waals surface area contributed by atoms with E-state index in [1.54, 1.807) is 91.9 Å². The number of phenols is 1. The second-order valence-electron chi connectivity index (χ2n) is 13.4. The number of hydrogen-bond acceptors (Lipinski definition) is 6. The molecule has 2 saturated heterocycles. The molecule has 3 fully saturated rings. The number of carbonyl (C=O) groups excluding carboxylic acids is 5. The Labute approximate surface area is 281 Å². The minimum absolute atomic E-state index is 0.126. The van der Waals surface area contributed by atoms with E-state index in [0.29, 0.717) is 28.1 Å². The number of hydrogen-bond donors (Lipinski definition) is 1. The molecule has 4 aliphatic rings. The number of phenolic OH excluding ortho intramolecular Hbond substituents is 1. The van der Waals surface area contributed by atoms with Crippen LogP contribution >= 0.6 is 0 Å². The van der Waals surface area contributed by atoms with Crippen LogP contribution in [0.1, 0.15) is 47.2 Å². The first-order chi connectivity index (χ1) is 23.6. The number of benzene rings is 4. The number of rotatable bonds is 5. The summed E-state index contributed by atoms with van der Waals surface area (Å²) in [5, 5.41) is 11.1. The maximum absolute atomic E-state index is 14.9. The summed E-state index contributed by atoms with van der Waals surface area (Å²) in [5.74, 6) is -7.41. The highest BCUT2D eigenvalue weighted by molar-refractivity contribution is 6.25. The lowest BCUT2D eigenvalue weighted by Gasteiger charge is -2.49. The van der Waals surface area contributed by atoms with Crippen molar-refractivity contribution in [3.8, 4) is 5.75 Å². The van der Waals surface area contributed by atoms with Gasteiger partial charge in [-0.2, -0.15) is 0 Å². The first-order valence-corrected chi connectivity index (χ1v) is 16.3. The Hall–Kier alpha value is -5.70. The predicted molar refractivity (Wildman–Crippen MR) is 178 cm³/mol. The zero-order valence-electron chi connectivity index (χ0n) is 26.5. The maximum atomic E-state index is 14.9. The molecule has 0 radical (unpaired) electrons. The van der Waals surface area contributed by atoms with Crippen LogP contribution in [0.15, 0.2) is 115 Å². The standard InChI is InChI=1S/C40H31FN2O6/c1-40-30(37(47)43(39(40)49)24-11-6-3-7-12-24)21-29-26(33(40)28-13-8-14-31(41)35(28)45)19-20-27-32(29)38(48)42(36(27)46)25-17-15-23(16-18-25)34(44)22-9-4-2-5-10-22/h2-19,27,29-30,32-33,45H,20-21H2,1H3. The number of fused-ring (bicyclic) bond motifs is 4. The summed E-state index contributed by atoms with van der Waals surface area (Å²) in [4.78, 5) is 72.3. The molecule has 8 nitrogen and oxygen atoms in total.